The van der Waals surface area contributed by atoms with Gasteiger partial charge in [0.2, 0.25) is 0 Å². The van der Waals surface area contributed by atoms with Crippen molar-refractivity contribution in [2.45, 2.75) is 84.5 Å². The SMILES string of the molecule is CC1(CCn2c(=O)ccc3c(N)cccc32)CCC(N(Cc2ccc3c(c2)OCCO3)C(=O)OC(C)(C)C)CC1. The quantitative estimate of drug-likeness (QED) is 0.373. The molecule has 5 rings (SSSR count). The Labute approximate surface area is 236 Å². The third-order valence-electron chi connectivity index (χ3n) is 8.20. The van der Waals surface area contributed by atoms with E-state index in [1.807, 2.05) is 72.7 Å². The van der Waals surface area contributed by atoms with E-state index in [4.69, 9.17) is 19.9 Å². The van der Waals surface area contributed by atoms with E-state index in [0.29, 0.717) is 32.0 Å². The monoisotopic (exact) mass is 547 g/mol. The van der Waals surface area contributed by atoms with Crippen LogP contribution in [0, 0.1) is 5.41 Å². The number of aromatic nitrogens is 1. The third-order valence-corrected chi connectivity index (χ3v) is 8.20. The number of hydrogen-bond donors (Lipinski definition) is 1. The van der Waals surface area contributed by atoms with Crippen LogP contribution in [0.1, 0.15) is 65.4 Å². The van der Waals surface area contributed by atoms with Crippen LogP contribution in [-0.4, -0.2) is 40.4 Å². The van der Waals surface area contributed by atoms with Crippen LogP contribution in [0.15, 0.2) is 53.3 Å². The molecule has 0 radical (unpaired) electrons. The Morgan fingerprint density at radius 1 is 1.07 bits per heavy atom. The van der Waals surface area contributed by atoms with E-state index in [0.717, 1.165) is 60.1 Å². The molecule has 1 saturated carbocycles. The van der Waals surface area contributed by atoms with E-state index in [1.54, 1.807) is 6.07 Å². The van der Waals surface area contributed by atoms with Crippen LogP contribution in [0.4, 0.5) is 10.5 Å². The average molecular weight is 548 g/mol. The van der Waals surface area contributed by atoms with Gasteiger partial charge in [0.1, 0.15) is 18.8 Å². The molecule has 0 atom stereocenters. The predicted octanol–water partition coefficient (Wildman–Crippen LogP) is 6.13. The average Bonchev–Trinajstić information content (AvgIpc) is 2.91. The van der Waals surface area contributed by atoms with Crippen LogP contribution in [0.3, 0.4) is 0 Å². The van der Waals surface area contributed by atoms with Gasteiger partial charge in [0.05, 0.1) is 5.52 Å². The lowest BCUT2D eigenvalue weighted by atomic mass is 9.71. The molecule has 0 saturated heterocycles. The summed E-state index contributed by atoms with van der Waals surface area (Å²) in [5.41, 5.74) is 8.18. The van der Waals surface area contributed by atoms with Crippen molar-refractivity contribution in [3.63, 3.8) is 0 Å². The maximum atomic E-state index is 13.4. The molecule has 40 heavy (non-hydrogen) atoms. The van der Waals surface area contributed by atoms with Crippen LogP contribution in [0.5, 0.6) is 11.5 Å². The lowest BCUT2D eigenvalue weighted by Gasteiger charge is -2.42. The fraction of sp³-hybridized carbons (Fsp3) is 0.500. The number of nitrogens with zero attached hydrogens (tertiary/aromatic N) is 2. The number of carbonyl (C=O) groups is 1. The van der Waals surface area contributed by atoms with Gasteiger partial charge >= 0.3 is 6.09 Å². The molecule has 2 heterocycles. The van der Waals surface area contributed by atoms with Gasteiger partial charge in [0.15, 0.2) is 11.5 Å². The Balaban J connectivity index is 1.29. The number of anilines is 1. The molecule has 2 aliphatic rings. The van der Waals surface area contributed by atoms with E-state index in [-0.39, 0.29) is 23.1 Å². The summed E-state index contributed by atoms with van der Waals surface area (Å²) in [7, 11) is 0. The number of amides is 1. The van der Waals surface area contributed by atoms with Crippen molar-refractivity contribution in [3.8, 4) is 11.5 Å². The molecule has 214 valence electrons. The first-order chi connectivity index (χ1) is 19.0. The van der Waals surface area contributed by atoms with Crippen molar-refractivity contribution in [3.05, 3.63) is 64.4 Å². The van der Waals surface area contributed by atoms with Crippen molar-refractivity contribution in [1.82, 2.24) is 9.47 Å². The fourth-order valence-electron chi connectivity index (χ4n) is 5.87. The van der Waals surface area contributed by atoms with Gasteiger partial charge in [-0.15, -0.1) is 0 Å². The summed E-state index contributed by atoms with van der Waals surface area (Å²) >= 11 is 0. The number of benzene rings is 2. The zero-order chi connectivity index (χ0) is 28.5. The normalized spacial score (nSPS) is 20.8. The number of pyridine rings is 1. The molecule has 1 fully saturated rings. The Bertz CT molecular complexity index is 1430. The minimum Gasteiger partial charge on any atom is -0.486 e. The molecule has 1 aliphatic carbocycles. The largest absolute Gasteiger partial charge is 0.486 e. The smallest absolute Gasteiger partial charge is 0.410 e. The molecule has 0 bridgehead atoms. The summed E-state index contributed by atoms with van der Waals surface area (Å²) in [4.78, 5) is 28.1. The number of nitrogens with two attached hydrogens (primary N) is 1. The minimum absolute atomic E-state index is 0.00841. The Morgan fingerprint density at radius 2 is 1.80 bits per heavy atom. The summed E-state index contributed by atoms with van der Waals surface area (Å²) in [6, 6.07) is 15.1. The summed E-state index contributed by atoms with van der Waals surface area (Å²) < 4.78 is 19.1. The van der Waals surface area contributed by atoms with Gasteiger partial charge in [-0.3, -0.25) is 4.79 Å². The van der Waals surface area contributed by atoms with Gasteiger partial charge in [-0.1, -0.05) is 19.1 Å². The number of hydrogen-bond acceptors (Lipinski definition) is 6. The predicted molar refractivity (Wildman–Crippen MR) is 157 cm³/mol. The van der Waals surface area contributed by atoms with Gasteiger partial charge in [0, 0.05) is 36.3 Å². The molecule has 3 aromatic rings. The van der Waals surface area contributed by atoms with Crippen LogP contribution >= 0.6 is 0 Å². The lowest BCUT2D eigenvalue weighted by Crippen LogP contribution is -2.45. The Kier molecular flexibility index (Phi) is 7.71. The number of carbonyl (C=O) groups excluding carboxylic acids is 1. The molecule has 8 nitrogen and oxygen atoms in total. The number of aryl methyl sites for hydroxylation is 1. The first-order valence-electron chi connectivity index (χ1n) is 14.3. The van der Waals surface area contributed by atoms with Gasteiger partial charge in [-0.05, 0) is 94.2 Å². The van der Waals surface area contributed by atoms with Gasteiger partial charge in [-0.2, -0.15) is 0 Å². The van der Waals surface area contributed by atoms with Gasteiger partial charge < -0.3 is 29.4 Å². The van der Waals surface area contributed by atoms with Crippen molar-refractivity contribution in [2.75, 3.05) is 18.9 Å². The van der Waals surface area contributed by atoms with E-state index >= 15 is 0 Å². The third kappa shape index (κ3) is 6.21. The molecule has 2 N–H and O–H groups in total. The van der Waals surface area contributed by atoms with Crippen LogP contribution in [0.25, 0.3) is 10.9 Å². The van der Waals surface area contributed by atoms with E-state index in [2.05, 4.69) is 6.92 Å². The maximum Gasteiger partial charge on any atom is 0.410 e. The standard InChI is InChI=1S/C32H41N3O5/c1-31(2,3)40-30(37)35(21-22-8-10-27-28(20-22)39-19-18-38-27)23-12-14-32(4,15-13-23)16-17-34-26-7-5-6-25(33)24(26)9-11-29(34)36/h5-11,20,23H,12-19,21,33H2,1-4H3. The highest BCUT2D eigenvalue weighted by molar-refractivity contribution is 5.90. The highest BCUT2D eigenvalue weighted by Gasteiger charge is 2.36. The zero-order valence-electron chi connectivity index (χ0n) is 24.1. The van der Waals surface area contributed by atoms with Gasteiger partial charge in [0.25, 0.3) is 5.56 Å². The lowest BCUT2D eigenvalue weighted by molar-refractivity contribution is 0.00312. The summed E-state index contributed by atoms with van der Waals surface area (Å²) in [5, 5.41) is 0.906. The minimum atomic E-state index is -0.583. The van der Waals surface area contributed by atoms with E-state index in [9.17, 15) is 9.59 Å². The zero-order valence-corrected chi connectivity index (χ0v) is 24.1. The highest BCUT2D eigenvalue weighted by atomic mass is 16.6. The summed E-state index contributed by atoms with van der Waals surface area (Å²) in [6.45, 7) is 10.1. The molecular formula is C32H41N3O5. The second-order valence-electron chi connectivity index (χ2n) is 12.5. The molecular weight excluding hydrogens is 506 g/mol. The summed E-state index contributed by atoms with van der Waals surface area (Å²) in [6.07, 6.45) is 4.24. The first kappa shape index (κ1) is 27.9. The molecule has 1 amide bonds. The first-order valence-corrected chi connectivity index (χ1v) is 14.3. The van der Waals surface area contributed by atoms with Crippen LogP contribution in [-0.2, 0) is 17.8 Å². The van der Waals surface area contributed by atoms with Crippen LogP contribution < -0.4 is 20.8 Å². The fourth-order valence-corrected chi connectivity index (χ4v) is 5.87. The van der Waals surface area contributed by atoms with Crippen molar-refractivity contribution in [2.24, 2.45) is 5.41 Å². The topological polar surface area (TPSA) is 96.0 Å². The number of nitrogen functional groups attached to an aromatic ring is 1. The van der Waals surface area contributed by atoms with Crippen molar-refractivity contribution >= 4 is 22.7 Å². The van der Waals surface area contributed by atoms with E-state index < -0.39 is 5.60 Å². The second-order valence-corrected chi connectivity index (χ2v) is 12.5. The number of fused-ring (bicyclic) bond motifs is 2. The number of ether oxygens (including phenoxy) is 3. The van der Waals surface area contributed by atoms with Crippen molar-refractivity contribution in [1.29, 1.82) is 0 Å². The Hall–Kier alpha value is -3.68. The number of rotatable bonds is 6. The molecule has 1 aliphatic heterocycles. The maximum absolute atomic E-state index is 13.4. The second kappa shape index (κ2) is 11.1. The van der Waals surface area contributed by atoms with Crippen molar-refractivity contribution < 1.29 is 19.0 Å². The Morgan fingerprint density at radius 3 is 2.52 bits per heavy atom. The molecule has 1 aromatic heterocycles. The van der Waals surface area contributed by atoms with E-state index in [1.165, 1.54) is 0 Å². The molecule has 0 unspecified atom stereocenters. The molecule has 2 aromatic carbocycles. The highest BCUT2D eigenvalue weighted by Crippen LogP contribution is 2.42. The summed E-state index contributed by atoms with van der Waals surface area (Å²) in [5.74, 6) is 1.45. The van der Waals surface area contributed by atoms with Crippen LogP contribution in [0.2, 0.25) is 0 Å². The molecule has 0 spiro atoms. The molecule has 8 heteroatoms. The van der Waals surface area contributed by atoms with Gasteiger partial charge in [-0.25, -0.2) is 4.79 Å².